The molecule has 0 spiro atoms. The molecule has 0 radical (unpaired) electrons. The maximum absolute atomic E-state index is 9.61. The summed E-state index contributed by atoms with van der Waals surface area (Å²) in [5, 5.41) is 17.1. The Balaban J connectivity index is 1.65. The Kier molecular flexibility index (Phi) is 3.05. The van der Waals surface area contributed by atoms with Crippen molar-refractivity contribution < 1.29 is 9.63 Å². The largest absolute Gasteiger partial charge is 0.392 e. The highest BCUT2D eigenvalue weighted by atomic mass is 16.5. The average molecular weight is 285 g/mol. The number of aliphatic hydroxyl groups is 1. The number of nitrogens with one attached hydrogen (secondary N) is 1. The van der Waals surface area contributed by atoms with Crippen molar-refractivity contribution in [1.29, 1.82) is 0 Å². The Hall–Kier alpha value is -1.72. The van der Waals surface area contributed by atoms with E-state index in [9.17, 15) is 5.11 Å². The van der Waals surface area contributed by atoms with Gasteiger partial charge in [-0.25, -0.2) is 0 Å². The molecule has 0 amide bonds. The summed E-state index contributed by atoms with van der Waals surface area (Å²) in [6.45, 7) is 0.589. The van der Waals surface area contributed by atoms with Gasteiger partial charge in [-0.1, -0.05) is 41.9 Å². The van der Waals surface area contributed by atoms with Gasteiger partial charge < -0.3 is 14.9 Å². The van der Waals surface area contributed by atoms with E-state index in [4.69, 9.17) is 4.52 Å². The predicted molar refractivity (Wildman–Crippen MR) is 76.7 cm³/mol. The van der Waals surface area contributed by atoms with E-state index in [1.165, 1.54) is 12.0 Å². The van der Waals surface area contributed by atoms with Crippen LogP contribution >= 0.6 is 0 Å². The highest BCUT2D eigenvalue weighted by Gasteiger charge is 2.45. The highest BCUT2D eigenvalue weighted by molar-refractivity contribution is 5.35. The van der Waals surface area contributed by atoms with Crippen molar-refractivity contribution in [3.05, 3.63) is 47.6 Å². The van der Waals surface area contributed by atoms with Crippen LogP contribution in [0.15, 0.2) is 34.9 Å². The molecule has 2 unspecified atom stereocenters. The van der Waals surface area contributed by atoms with Crippen molar-refractivity contribution in [2.24, 2.45) is 0 Å². The average Bonchev–Trinajstić information content (AvgIpc) is 3.08. The third-order valence-corrected chi connectivity index (χ3v) is 4.81. The van der Waals surface area contributed by atoms with Crippen molar-refractivity contribution >= 4 is 0 Å². The fourth-order valence-electron chi connectivity index (χ4n) is 3.41. The summed E-state index contributed by atoms with van der Waals surface area (Å²) in [5.74, 6) is 1.39. The highest BCUT2D eigenvalue weighted by Crippen LogP contribution is 2.47. The summed E-state index contributed by atoms with van der Waals surface area (Å²) >= 11 is 0. The fourth-order valence-corrected chi connectivity index (χ4v) is 3.41. The van der Waals surface area contributed by atoms with Crippen LogP contribution in [0.4, 0.5) is 0 Å². The first-order valence-corrected chi connectivity index (χ1v) is 7.59. The van der Waals surface area contributed by atoms with Gasteiger partial charge >= 0.3 is 0 Å². The van der Waals surface area contributed by atoms with Gasteiger partial charge in [-0.15, -0.1) is 0 Å². The van der Waals surface area contributed by atoms with E-state index >= 15 is 0 Å². The topological polar surface area (TPSA) is 71.2 Å². The number of hydrogen-bond acceptors (Lipinski definition) is 5. The van der Waals surface area contributed by atoms with Crippen molar-refractivity contribution in [1.82, 2.24) is 15.5 Å². The van der Waals surface area contributed by atoms with E-state index in [0.717, 1.165) is 18.7 Å². The zero-order valence-corrected chi connectivity index (χ0v) is 11.8. The Morgan fingerprint density at radius 2 is 2.05 bits per heavy atom. The molecule has 1 aromatic heterocycles. The number of aromatic nitrogens is 2. The molecule has 2 fully saturated rings. The molecule has 2 aromatic rings. The zero-order valence-electron chi connectivity index (χ0n) is 11.8. The molecule has 21 heavy (non-hydrogen) atoms. The number of benzene rings is 1. The van der Waals surface area contributed by atoms with Gasteiger partial charge in [0.2, 0.25) is 5.89 Å². The number of hydrogen-bond donors (Lipinski definition) is 2. The summed E-state index contributed by atoms with van der Waals surface area (Å²) in [6, 6.07) is 10.4. The van der Waals surface area contributed by atoms with Gasteiger partial charge in [0.1, 0.15) is 0 Å². The van der Waals surface area contributed by atoms with Gasteiger partial charge in [-0.05, 0) is 24.8 Å². The molecule has 1 saturated heterocycles. The summed E-state index contributed by atoms with van der Waals surface area (Å²) < 4.78 is 5.47. The molecule has 4 rings (SSSR count). The number of nitrogens with zero attached hydrogens (tertiary/aromatic N) is 2. The molecule has 2 atom stereocenters. The Bertz CT molecular complexity index is 621. The first kappa shape index (κ1) is 13.0. The Labute approximate surface area is 123 Å². The zero-order chi connectivity index (χ0) is 14.3. The molecule has 5 nitrogen and oxygen atoms in total. The second-order valence-corrected chi connectivity index (χ2v) is 6.11. The van der Waals surface area contributed by atoms with Gasteiger partial charge in [0.15, 0.2) is 5.82 Å². The van der Waals surface area contributed by atoms with E-state index in [1.807, 2.05) is 6.07 Å². The van der Waals surface area contributed by atoms with Crippen molar-refractivity contribution in [2.75, 3.05) is 6.54 Å². The van der Waals surface area contributed by atoms with Crippen LogP contribution in [-0.4, -0.2) is 27.9 Å². The summed E-state index contributed by atoms with van der Waals surface area (Å²) in [4.78, 5) is 4.65. The summed E-state index contributed by atoms with van der Waals surface area (Å²) in [5.41, 5.74) is 1.18. The van der Waals surface area contributed by atoms with E-state index in [1.54, 1.807) is 0 Å². The molecule has 1 aliphatic carbocycles. The molecular formula is C16H19N3O2. The minimum Gasteiger partial charge on any atom is -0.392 e. The standard InChI is InChI=1S/C16H19N3O2/c20-12-9-13(17-10-12)14-18-15(19-21-14)16(7-4-8-16)11-5-2-1-3-6-11/h1-3,5-6,12-13,17,20H,4,7-10H2. The van der Waals surface area contributed by atoms with Crippen molar-refractivity contribution in [3.63, 3.8) is 0 Å². The van der Waals surface area contributed by atoms with E-state index in [-0.39, 0.29) is 17.6 Å². The lowest BCUT2D eigenvalue weighted by molar-refractivity contribution is 0.191. The maximum Gasteiger partial charge on any atom is 0.243 e. The van der Waals surface area contributed by atoms with Crippen LogP contribution in [0.3, 0.4) is 0 Å². The third kappa shape index (κ3) is 2.08. The van der Waals surface area contributed by atoms with Crippen LogP contribution in [0, 0.1) is 0 Å². The lowest BCUT2D eigenvalue weighted by Gasteiger charge is -2.39. The molecule has 0 bridgehead atoms. The first-order chi connectivity index (χ1) is 10.3. The van der Waals surface area contributed by atoms with E-state index in [2.05, 4.69) is 39.7 Å². The second kappa shape index (κ2) is 4.93. The van der Waals surface area contributed by atoms with Gasteiger partial charge in [0.25, 0.3) is 0 Å². The maximum atomic E-state index is 9.61. The molecule has 5 heteroatoms. The normalized spacial score (nSPS) is 27.5. The van der Waals surface area contributed by atoms with E-state index < -0.39 is 0 Å². The van der Waals surface area contributed by atoms with Gasteiger partial charge in [-0.2, -0.15) is 4.98 Å². The number of aliphatic hydroxyl groups excluding tert-OH is 1. The van der Waals surface area contributed by atoms with Crippen molar-refractivity contribution in [2.45, 2.75) is 43.2 Å². The molecule has 2 N–H and O–H groups in total. The minimum absolute atomic E-state index is 0.0193. The lowest BCUT2D eigenvalue weighted by Crippen LogP contribution is -2.36. The lowest BCUT2D eigenvalue weighted by atomic mass is 9.64. The molecule has 110 valence electrons. The molecule has 2 heterocycles. The molecule has 2 aliphatic rings. The van der Waals surface area contributed by atoms with Crippen LogP contribution < -0.4 is 5.32 Å². The summed E-state index contributed by atoms with van der Waals surface area (Å²) in [6.07, 6.45) is 3.64. The van der Waals surface area contributed by atoms with Crippen LogP contribution in [-0.2, 0) is 5.41 Å². The van der Waals surface area contributed by atoms with Gasteiger partial charge in [-0.3, -0.25) is 0 Å². The van der Waals surface area contributed by atoms with Gasteiger partial charge in [0, 0.05) is 6.54 Å². The fraction of sp³-hybridized carbons (Fsp3) is 0.500. The van der Waals surface area contributed by atoms with Crippen molar-refractivity contribution in [3.8, 4) is 0 Å². The van der Waals surface area contributed by atoms with Crippen LogP contribution in [0.1, 0.15) is 49.0 Å². The quantitative estimate of drug-likeness (QED) is 0.901. The monoisotopic (exact) mass is 285 g/mol. The predicted octanol–water partition coefficient (Wildman–Crippen LogP) is 1.93. The summed E-state index contributed by atoms with van der Waals surface area (Å²) in [7, 11) is 0. The van der Waals surface area contributed by atoms with Crippen LogP contribution in [0.2, 0.25) is 0 Å². The SMILES string of the molecule is OC1CNC(c2nc(C3(c4ccccc4)CCC3)no2)C1. The van der Waals surface area contributed by atoms with Gasteiger partial charge in [0.05, 0.1) is 17.6 Å². The van der Waals surface area contributed by atoms with Crippen LogP contribution in [0.25, 0.3) is 0 Å². The molecular weight excluding hydrogens is 266 g/mol. The third-order valence-electron chi connectivity index (χ3n) is 4.81. The van der Waals surface area contributed by atoms with E-state index in [0.29, 0.717) is 18.9 Å². The van der Waals surface area contributed by atoms with Crippen LogP contribution in [0.5, 0.6) is 0 Å². The first-order valence-electron chi connectivity index (χ1n) is 7.59. The Morgan fingerprint density at radius 1 is 1.24 bits per heavy atom. The molecule has 1 aliphatic heterocycles. The molecule has 1 aromatic carbocycles. The smallest absolute Gasteiger partial charge is 0.243 e. The Morgan fingerprint density at radius 3 is 2.67 bits per heavy atom. The second-order valence-electron chi connectivity index (χ2n) is 6.11. The minimum atomic E-state index is -0.322. The number of β-amino-alcohol motifs (C(OH)–C–C–N with tert-alkyl or cyclic N) is 1. The molecule has 1 saturated carbocycles. The number of rotatable bonds is 3.